The number of ether oxygens (including phenoxy) is 1. The molecule has 2 rings (SSSR count). The molecule has 49 heavy (non-hydrogen) atoms. The molecule has 0 aliphatic heterocycles. The fourth-order valence-corrected chi connectivity index (χ4v) is 7.44. The maximum Gasteiger partial charge on any atom is 0.302 e. The number of carbonyl (C=O) groups excluding carboxylic acids is 2. The quantitative estimate of drug-likeness (QED) is 0.0702. The Bertz CT molecular complexity index is 1500. The summed E-state index contributed by atoms with van der Waals surface area (Å²) in [5, 5.41) is 24.5. The number of hydrogen-bond acceptors (Lipinski definition) is 7. The molecule has 0 aromatic carbocycles. The summed E-state index contributed by atoms with van der Waals surface area (Å²) in [7, 11) is 0. The molecule has 2 unspecified atom stereocenters. The van der Waals surface area contributed by atoms with E-state index in [-0.39, 0.29) is 42.0 Å². The molecule has 7 heteroatoms. The van der Waals surface area contributed by atoms with Crippen molar-refractivity contribution in [1.29, 1.82) is 0 Å². The fraction of sp³-hybridized carbons (Fsp3) is 0.548. The van der Waals surface area contributed by atoms with Gasteiger partial charge in [0.25, 0.3) is 0 Å². The molecule has 268 valence electrons. The topological polar surface area (TPSA) is 113 Å². The van der Waals surface area contributed by atoms with Crippen molar-refractivity contribution in [2.75, 3.05) is 0 Å². The molecule has 2 aliphatic rings. The zero-order valence-electron chi connectivity index (χ0n) is 31.6. The predicted octanol–water partition coefficient (Wildman–Crippen LogP) is 9.31. The van der Waals surface area contributed by atoms with Crippen molar-refractivity contribution >= 4 is 11.8 Å². The molecule has 0 aromatic rings. The van der Waals surface area contributed by atoms with E-state index in [1.807, 2.05) is 115 Å². The zero-order valence-corrected chi connectivity index (χ0v) is 31.6. The smallest absolute Gasteiger partial charge is 0.302 e. The second kappa shape index (κ2) is 17.3. The van der Waals surface area contributed by atoms with Gasteiger partial charge in [-0.25, -0.2) is 0 Å². The van der Waals surface area contributed by atoms with Crippen molar-refractivity contribution in [2.45, 2.75) is 132 Å². The monoisotopic (exact) mass is 673 g/mol. The van der Waals surface area contributed by atoms with E-state index < -0.39 is 22.7 Å². The highest BCUT2D eigenvalue weighted by Gasteiger charge is 2.50. The van der Waals surface area contributed by atoms with Crippen molar-refractivity contribution in [3.05, 3.63) is 105 Å². The second-order valence-electron chi connectivity index (χ2n) is 15.8. The van der Waals surface area contributed by atoms with Gasteiger partial charge < -0.3 is 14.9 Å². The maximum absolute atomic E-state index is 13.0. The molecule has 2 saturated carbocycles. The summed E-state index contributed by atoms with van der Waals surface area (Å²) in [6.45, 7) is 20.8. The molecule has 0 saturated heterocycles. The molecular formula is C42H59NO6. The number of hydrogen-bond donors (Lipinski definition) is 2. The number of rotatable bonds is 12. The van der Waals surface area contributed by atoms with Gasteiger partial charge >= 0.3 is 5.97 Å². The summed E-state index contributed by atoms with van der Waals surface area (Å²) in [6.07, 6.45) is 22.6. The van der Waals surface area contributed by atoms with E-state index >= 15 is 0 Å². The summed E-state index contributed by atoms with van der Waals surface area (Å²) >= 11 is 0. The number of carbonyl (C=O) groups is 2. The SMILES string of the molecule is CC(=O)O[C@H]1CC(C)(C)C(=C=C/C(C)=C/C=C/C(C)=C/C=C/C=C(C)/C=C/C=C(\C)C(=O)CC2C(C)(C)CC(O)C[C@@]2(C)O)[C@](C)(N=O)C1. The van der Waals surface area contributed by atoms with Gasteiger partial charge in [-0.3, -0.25) is 9.59 Å². The highest BCUT2D eigenvalue weighted by atomic mass is 16.5. The van der Waals surface area contributed by atoms with Crippen molar-refractivity contribution in [2.24, 2.45) is 21.9 Å². The molecule has 0 heterocycles. The van der Waals surface area contributed by atoms with Gasteiger partial charge in [0.2, 0.25) is 0 Å². The van der Waals surface area contributed by atoms with Crippen LogP contribution in [0.25, 0.3) is 0 Å². The summed E-state index contributed by atoms with van der Waals surface area (Å²) in [6, 6.07) is 0. The summed E-state index contributed by atoms with van der Waals surface area (Å²) < 4.78 is 5.43. The van der Waals surface area contributed by atoms with Crippen LogP contribution < -0.4 is 0 Å². The number of nitrogens with zero attached hydrogens (tertiary/aromatic N) is 1. The second-order valence-corrected chi connectivity index (χ2v) is 15.8. The van der Waals surface area contributed by atoms with Crippen molar-refractivity contribution in [3.8, 4) is 0 Å². The number of nitroso groups, excluding NO2 is 1. The lowest BCUT2D eigenvalue weighted by atomic mass is 9.59. The predicted molar refractivity (Wildman–Crippen MR) is 200 cm³/mol. The van der Waals surface area contributed by atoms with Gasteiger partial charge in [0, 0.05) is 31.8 Å². The van der Waals surface area contributed by atoms with Crippen LogP contribution in [0.4, 0.5) is 0 Å². The number of aliphatic hydroxyl groups excluding tert-OH is 1. The first kappa shape index (κ1) is 41.5. The third-order valence-corrected chi connectivity index (χ3v) is 9.74. The normalized spacial score (nSPS) is 29.7. The number of esters is 1. The summed E-state index contributed by atoms with van der Waals surface area (Å²) in [5.74, 6) is -0.569. The third-order valence-electron chi connectivity index (χ3n) is 9.74. The van der Waals surface area contributed by atoms with E-state index in [1.165, 1.54) is 6.92 Å². The van der Waals surface area contributed by atoms with Gasteiger partial charge in [-0.2, -0.15) is 0 Å². The van der Waals surface area contributed by atoms with Crippen molar-refractivity contribution in [1.82, 2.24) is 0 Å². The Hall–Kier alpha value is -3.64. The molecule has 0 aromatic heterocycles. The largest absolute Gasteiger partial charge is 0.462 e. The molecule has 5 atom stereocenters. The van der Waals surface area contributed by atoms with Crippen molar-refractivity contribution < 1.29 is 24.5 Å². The standard InChI is InChI=1S/C42H59NO6/c1-29(18-14-19-31(3)22-23-37-40(8,9)27-35(49-33(5)44)28-41(37,10)43-48)16-12-13-17-30(2)20-15-21-32(4)36(46)24-38-39(6,7)25-34(45)26-42(38,11)47/h12-22,34-35,38,45,47H,24-28H2,1-11H3/b13-12+,18-14+,20-15+,29-16+,30-17+,31-19+,32-21+/t23?,34?,35-,38?,41+,42+/m0/s1. The first-order chi connectivity index (χ1) is 22.6. The van der Waals surface area contributed by atoms with Crippen LogP contribution in [0.15, 0.2) is 106 Å². The van der Waals surface area contributed by atoms with Crippen LogP contribution in [-0.2, 0) is 14.3 Å². The van der Waals surface area contributed by atoms with Gasteiger partial charge in [-0.1, -0.05) is 105 Å². The number of aliphatic hydroxyl groups is 2. The Balaban J connectivity index is 2.00. The van der Waals surface area contributed by atoms with Crippen molar-refractivity contribution in [3.63, 3.8) is 0 Å². The number of allylic oxidation sites excluding steroid dienone is 14. The average molecular weight is 674 g/mol. The van der Waals surface area contributed by atoms with E-state index in [0.29, 0.717) is 24.8 Å². The molecule has 0 amide bonds. The highest BCUT2D eigenvalue weighted by Crippen LogP contribution is 2.49. The molecule has 0 spiro atoms. The van der Waals surface area contributed by atoms with Crippen LogP contribution in [-0.4, -0.2) is 45.3 Å². The number of ketones is 1. The maximum atomic E-state index is 13.0. The first-order valence-corrected chi connectivity index (χ1v) is 17.3. The summed E-state index contributed by atoms with van der Waals surface area (Å²) in [4.78, 5) is 36.4. The van der Waals surface area contributed by atoms with Gasteiger partial charge in [0.05, 0.1) is 11.7 Å². The van der Waals surface area contributed by atoms with E-state index in [2.05, 4.69) is 10.9 Å². The molecule has 0 radical (unpaired) electrons. The Kier molecular flexibility index (Phi) is 14.7. The van der Waals surface area contributed by atoms with E-state index in [4.69, 9.17) is 4.74 Å². The number of Topliss-reactive ketones (excluding diaryl/α,β-unsaturated/α-hetero) is 1. The molecule has 0 bridgehead atoms. The minimum absolute atomic E-state index is 0.00900. The summed E-state index contributed by atoms with van der Waals surface area (Å²) in [5.41, 5.74) is 5.05. The molecular weight excluding hydrogens is 614 g/mol. The van der Waals surface area contributed by atoms with Crippen LogP contribution in [0, 0.1) is 21.7 Å². The Morgan fingerprint density at radius 1 is 0.816 bits per heavy atom. The van der Waals surface area contributed by atoms with Gasteiger partial charge in [-0.05, 0) is 88.4 Å². The van der Waals surface area contributed by atoms with Gasteiger partial charge in [0.1, 0.15) is 11.6 Å². The minimum Gasteiger partial charge on any atom is -0.462 e. The highest BCUT2D eigenvalue weighted by molar-refractivity contribution is 5.95. The van der Waals surface area contributed by atoms with Gasteiger partial charge in [-0.15, -0.1) is 10.6 Å². The van der Waals surface area contributed by atoms with E-state index in [1.54, 1.807) is 20.8 Å². The average Bonchev–Trinajstić information content (AvgIpc) is 2.95. The fourth-order valence-electron chi connectivity index (χ4n) is 7.44. The molecule has 2 N–H and O–H groups in total. The lowest BCUT2D eigenvalue weighted by molar-refractivity contribution is -0.149. The Morgan fingerprint density at radius 2 is 1.37 bits per heavy atom. The minimum atomic E-state index is -1.08. The molecule has 2 fully saturated rings. The van der Waals surface area contributed by atoms with E-state index in [0.717, 1.165) is 22.3 Å². The zero-order chi connectivity index (χ0) is 37.2. The van der Waals surface area contributed by atoms with Crippen LogP contribution in [0.1, 0.15) is 108 Å². The Morgan fingerprint density at radius 3 is 1.90 bits per heavy atom. The van der Waals surface area contributed by atoms with Gasteiger partial charge in [0.15, 0.2) is 5.78 Å². The third kappa shape index (κ3) is 12.6. The van der Waals surface area contributed by atoms with Crippen LogP contribution in [0.3, 0.4) is 0 Å². The van der Waals surface area contributed by atoms with Crippen LogP contribution in [0.5, 0.6) is 0 Å². The molecule has 2 aliphatic carbocycles. The first-order valence-electron chi connectivity index (χ1n) is 17.3. The lowest BCUT2D eigenvalue weighted by Gasteiger charge is -2.49. The Labute approximate surface area is 294 Å². The van der Waals surface area contributed by atoms with E-state index in [9.17, 15) is 24.7 Å². The lowest BCUT2D eigenvalue weighted by Crippen LogP contribution is -2.52. The van der Waals surface area contributed by atoms with Crippen LogP contribution in [0.2, 0.25) is 0 Å². The molecule has 7 nitrogen and oxygen atoms in total. The van der Waals surface area contributed by atoms with Crippen LogP contribution >= 0.6 is 0 Å².